The van der Waals surface area contributed by atoms with E-state index in [0.29, 0.717) is 59.6 Å². The minimum Gasteiger partial charge on any atom is -0.507 e. The van der Waals surface area contributed by atoms with Gasteiger partial charge in [0, 0.05) is 17.3 Å². The van der Waals surface area contributed by atoms with Gasteiger partial charge in [-0.1, -0.05) is 25.1 Å². The molecule has 0 spiro atoms. The molecule has 1 atom stereocenters. The number of benzene rings is 3. The maximum Gasteiger partial charge on any atom is 0.300 e. The molecular weight excluding hydrogens is 474 g/mol. The van der Waals surface area contributed by atoms with Crippen molar-refractivity contribution in [1.82, 2.24) is 0 Å². The lowest BCUT2D eigenvalue weighted by molar-refractivity contribution is -0.132. The van der Waals surface area contributed by atoms with Gasteiger partial charge in [-0.2, -0.15) is 0 Å². The van der Waals surface area contributed by atoms with Gasteiger partial charge >= 0.3 is 0 Å². The molecule has 0 bridgehead atoms. The Kier molecular flexibility index (Phi) is 6.72. The second-order valence-corrected chi connectivity index (χ2v) is 8.65. The van der Waals surface area contributed by atoms with Gasteiger partial charge in [0.15, 0.2) is 11.5 Å². The van der Waals surface area contributed by atoms with E-state index in [4.69, 9.17) is 18.9 Å². The minimum absolute atomic E-state index is 0.0304. The molecule has 190 valence electrons. The van der Waals surface area contributed by atoms with Crippen LogP contribution in [0.4, 0.5) is 5.69 Å². The predicted octanol–water partition coefficient (Wildman–Crippen LogP) is 4.88. The number of carbonyl (C=O) groups is 2. The van der Waals surface area contributed by atoms with Crippen molar-refractivity contribution in [2.75, 3.05) is 31.8 Å². The largest absolute Gasteiger partial charge is 0.507 e. The SMILES string of the molecule is CCCOc1cccc(C2/C(=C(/O)c3ccc4c(c3)OCCO4)C(=O)C(=O)N2c2cccc(OC)c2)c1. The van der Waals surface area contributed by atoms with E-state index in [1.165, 1.54) is 12.0 Å². The number of nitrogens with zero attached hydrogens (tertiary/aromatic N) is 1. The zero-order valence-electron chi connectivity index (χ0n) is 20.6. The Balaban J connectivity index is 1.67. The number of fused-ring (bicyclic) bond motifs is 1. The van der Waals surface area contributed by atoms with Gasteiger partial charge < -0.3 is 24.1 Å². The summed E-state index contributed by atoms with van der Waals surface area (Å²) in [5.41, 5.74) is 1.40. The summed E-state index contributed by atoms with van der Waals surface area (Å²) in [6.45, 7) is 3.34. The lowest BCUT2D eigenvalue weighted by Crippen LogP contribution is -2.29. The van der Waals surface area contributed by atoms with E-state index in [1.807, 2.05) is 13.0 Å². The van der Waals surface area contributed by atoms with Gasteiger partial charge in [-0.15, -0.1) is 0 Å². The highest BCUT2D eigenvalue weighted by Crippen LogP contribution is 2.44. The van der Waals surface area contributed by atoms with Crippen LogP contribution < -0.4 is 23.8 Å². The Morgan fingerprint density at radius 1 is 0.973 bits per heavy atom. The molecule has 2 aliphatic rings. The lowest BCUT2D eigenvalue weighted by atomic mass is 9.94. The second kappa shape index (κ2) is 10.3. The molecule has 1 saturated heterocycles. The number of aliphatic hydroxyl groups is 1. The summed E-state index contributed by atoms with van der Waals surface area (Å²) < 4.78 is 22.4. The third-order valence-corrected chi connectivity index (χ3v) is 6.24. The van der Waals surface area contributed by atoms with Crippen molar-refractivity contribution in [1.29, 1.82) is 0 Å². The summed E-state index contributed by atoms with van der Waals surface area (Å²) >= 11 is 0. The molecule has 8 nitrogen and oxygen atoms in total. The van der Waals surface area contributed by atoms with Crippen molar-refractivity contribution in [3.05, 3.63) is 83.4 Å². The van der Waals surface area contributed by atoms with E-state index in [0.717, 1.165) is 6.42 Å². The number of carbonyl (C=O) groups excluding carboxylic acids is 2. The Morgan fingerprint density at radius 3 is 2.51 bits per heavy atom. The molecule has 1 fully saturated rings. The Morgan fingerprint density at radius 2 is 1.73 bits per heavy atom. The molecule has 3 aromatic rings. The topological polar surface area (TPSA) is 94.5 Å². The van der Waals surface area contributed by atoms with E-state index >= 15 is 0 Å². The van der Waals surface area contributed by atoms with Crippen molar-refractivity contribution in [3.8, 4) is 23.0 Å². The third-order valence-electron chi connectivity index (χ3n) is 6.24. The van der Waals surface area contributed by atoms with Crippen LogP contribution >= 0.6 is 0 Å². The first-order chi connectivity index (χ1) is 18.0. The molecule has 0 aromatic heterocycles. The van der Waals surface area contributed by atoms with Crippen LogP contribution in [0.5, 0.6) is 23.0 Å². The maximum atomic E-state index is 13.5. The summed E-state index contributed by atoms with van der Waals surface area (Å²) in [5, 5.41) is 11.4. The smallest absolute Gasteiger partial charge is 0.300 e. The molecule has 8 heteroatoms. The molecular formula is C29H27NO7. The fraction of sp³-hybridized carbons (Fsp3) is 0.241. The molecule has 0 radical (unpaired) electrons. The summed E-state index contributed by atoms with van der Waals surface area (Å²) in [7, 11) is 1.53. The molecule has 2 aliphatic heterocycles. The molecule has 3 aromatic carbocycles. The van der Waals surface area contributed by atoms with Crippen LogP contribution in [0.1, 0.15) is 30.5 Å². The molecule has 0 aliphatic carbocycles. The van der Waals surface area contributed by atoms with E-state index < -0.39 is 17.7 Å². The summed E-state index contributed by atoms with van der Waals surface area (Å²) in [6.07, 6.45) is 0.830. The van der Waals surface area contributed by atoms with Crippen LogP contribution in [-0.2, 0) is 9.59 Å². The quantitative estimate of drug-likeness (QED) is 0.280. The fourth-order valence-corrected chi connectivity index (χ4v) is 4.52. The monoisotopic (exact) mass is 501 g/mol. The van der Waals surface area contributed by atoms with Crippen molar-refractivity contribution in [2.45, 2.75) is 19.4 Å². The number of ketones is 1. The van der Waals surface area contributed by atoms with Crippen LogP contribution in [0.2, 0.25) is 0 Å². The number of amides is 1. The number of rotatable bonds is 7. The van der Waals surface area contributed by atoms with Crippen LogP contribution in [-0.4, -0.2) is 43.7 Å². The standard InChI is InChI=1S/C29H27NO7/c1-3-12-35-22-9-4-6-18(15-22)26-25(27(31)19-10-11-23-24(16-19)37-14-13-36-23)28(32)29(33)30(26)20-7-5-8-21(17-20)34-2/h4-11,15-17,26,31H,3,12-14H2,1-2H3/b27-25-. The van der Waals surface area contributed by atoms with Crippen LogP contribution in [0.15, 0.2) is 72.3 Å². The first kappa shape index (κ1) is 24.2. The molecule has 1 unspecified atom stereocenters. The van der Waals surface area contributed by atoms with E-state index in [-0.39, 0.29) is 11.3 Å². The number of hydrogen-bond donors (Lipinski definition) is 1. The third kappa shape index (κ3) is 4.58. The van der Waals surface area contributed by atoms with Crippen molar-refractivity contribution < 1.29 is 33.6 Å². The van der Waals surface area contributed by atoms with Gasteiger partial charge in [-0.05, 0) is 54.4 Å². The van der Waals surface area contributed by atoms with Crippen molar-refractivity contribution in [2.24, 2.45) is 0 Å². The first-order valence-electron chi connectivity index (χ1n) is 12.1. The van der Waals surface area contributed by atoms with Gasteiger partial charge in [0.05, 0.1) is 25.3 Å². The fourth-order valence-electron chi connectivity index (χ4n) is 4.52. The second-order valence-electron chi connectivity index (χ2n) is 8.65. The zero-order chi connectivity index (χ0) is 25.9. The molecule has 1 N–H and O–H groups in total. The van der Waals surface area contributed by atoms with Gasteiger partial charge in [0.1, 0.15) is 30.5 Å². The number of hydrogen-bond acceptors (Lipinski definition) is 7. The predicted molar refractivity (Wildman–Crippen MR) is 137 cm³/mol. The molecule has 0 saturated carbocycles. The average molecular weight is 502 g/mol. The van der Waals surface area contributed by atoms with Gasteiger partial charge in [-0.25, -0.2) is 0 Å². The van der Waals surface area contributed by atoms with Crippen LogP contribution in [0.25, 0.3) is 5.76 Å². The van der Waals surface area contributed by atoms with E-state index in [2.05, 4.69) is 0 Å². The van der Waals surface area contributed by atoms with Crippen LogP contribution in [0, 0.1) is 0 Å². The maximum absolute atomic E-state index is 13.5. The lowest BCUT2D eigenvalue weighted by Gasteiger charge is -2.26. The minimum atomic E-state index is -0.898. The van der Waals surface area contributed by atoms with E-state index in [1.54, 1.807) is 60.7 Å². The molecule has 2 heterocycles. The number of anilines is 1. The number of aliphatic hydroxyl groups excluding tert-OH is 1. The van der Waals surface area contributed by atoms with Gasteiger partial charge in [0.2, 0.25) is 0 Å². The highest BCUT2D eigenvalue weighted by molar-refractivity contribution is 6.51. The summed E-state index contributed by atoms with van der Waals surface area (Å²) in [4.78, 5) is 28.3. The normalized spacial score (nSPS) is 18.1. The zero-order valence-corrected chi connectivity index (χ0v) is 20.6. The average Bonchev–Trinajstić information content (AvgIpc) is 3.21. The molecule has 37 heavy (non-hydrogen) atoms. The van der Waals surface area contributed by atoms with Crippen LogP contribution in [0.3, 0.4) is 0 Å². The Bertz CT molecular complexity index is 1380. The molecule has 1 amide bonds. The highest BCUT2D eigenvalue weighted by atomic mass is 16.6. The van der Waals surface area contributed by atoms with Crippen molar-refractivity contribution >= 4 is 23.1 Å². The van der Waals surface area contributed by atoms with Gasteiger partial charge in [0.25, 0.3) is 11.7 Å². The van der Waals surface area contributed by atoms with E-state index in [9.17, 15) is 14.7 Å². The van der Waals surface area contributed by atoms with Crippen molar-refractivity contribution in [3.63, 3.8) is 0 Å². The highest BCUT2D eigenvalue weighted by Gasteiger charge is 2.47. The first-order valence-corrected chi connectivity index (χ1v) is 12.1. The number of ether oxygens (including phenoxy) is 4. The Labute approximate surface area is 214 Å². The van der Waals surface area contributed by atoms with Gasteiger partial charge in [-0.3, -0.25) is 14.5 Å². The summed E-state index contributed by atoms with van der Waals surface area (Å²) in [6, 6.07) is 18.1. The Hall–Kier alpha value is -4.46. The number of Topliss-reactive ketones (excluding diaryl/α,β-unsaturated/α-hetero) is 1. The number of methoxy groups -OCH3 is 1. The molecule has 5 rings (SSSR count). The summed E-state index contributed by atoms with van der Waals surface area (Å²) in [5.74, 6) is 0.309.